The first-order valence-electron chi connectivity index (χ1n) is 8.85. The molecule has 0 spiro atoms. The van der Waals surface area contributed by atoms with Crippen LogP contribution in [0.2, 0.25) is 0 Å². The molecule has 1 unspecified atom stereocenters. The van der Waals surface area contributed by atoms with E-state index in [1.807, 2.05) is 6.92 Å². The fourth-order valence-electron chi connectivity index (χ4n) is 3.57. The number of benzene rings is 2. The maximum Gasteiger partial charge on any atom is 0.261 e. The van der Waals surface area contributed by atoms with Gasteiger partial charge in [-0.15, -0.1) is 0 Å². The molecule has 5 nitrogen and oxygen atoms in total. The van der Waals surface area contributed by atoms with E-state index < -0.39 is 26.9 Å². The molecule has 0 radical (unpaired) electrons. The lowest BCUT2D eigenvalue weighted by Crippen LogP contribution is -2.57. The summed E-state index contributed by atoms with van der Waals surface area (Å²) in [5, 5.41) is 0. The molecule has 2 aromatic rings. The summed E-state index contributed by atoms with van der Waals surface area (Å²) < 4.78 is 26.1. The van der Waals surface area contributed by atoms with Crippen LogP contribution in [-0.4, -0.2) is 36.9 Å². The van der Waals surface area contributed by atoms with E-state index in [9.17, 15) is 18.0 Å². The van der Waals surface area contributed by atoms with Crippen molar-refractivity contribution in [2.24, 2.45) is 0 Å². The van der Waals surface area contributed by atoms with E-state index in [1.54, 1.807) is 69.3 Å². The molecule has 1 atom stereocenters. The van der Waals surface area contributed by atoms with E-state index in [4.69, 9.17) is 0 Å². The number of aryl methyl sites for hydroxylation is 1. The van der Waals surface area contributed by atoms with Gasteiger partial charge in [-0.3, -0.25) is 14.5 Å². The van der Waals surface area contributed by atoms with Crippen LogP contribution in [0, 0.1) is 6.92 Å². The molecule has 2 amide bonds. The Hall–Kier alpha value is -2.47. The predicted octanol–water partition coefficient (Wildman–Crippen LogP) is 3.12. The van der Waals surface area contributed by atoms with Crippen LogP contribution in [0.3, 0.4) is 0 Å². The van der Waals surface area contributed by atoms with Gasteiger partial charge in [0.25, 0.3) is 5.91 Å². The summed E-state index contributed by atoms with van der Waals surface area (Å²) >= 11 is 0. The molecule has 1 aliphatic heterocycles. The van der Waals surface area contributed by atoms with Gasteiger partial charge in [0.15, 0.2) is 9.84 Å². The maximum atomic E-state index is 13.3. The summed E-state index contributed by atoms with van der Waals surface area (Å²) in [7, 11) is -3.74. The van der Waals surface area contributed by atoms with Gasteiger partial charge in [0.2, 0.25) is 5.91 Å². The Morgan fingerprint density at radius 1 is 1.00 bits per heavy atom. The van der Waals surface area contributed by atoms with Gasteiger partial charge in [0.05, 0.1) is 16.1 Å². The quantitative estimate of drug-likeness (QED) is 0.758. The number of imide groups is 1. The lowest BCUT2D eigenvalue weighted by atomic mass is 9.76. The standard InChI is InChI=1S/C21H23NO4S/c1-14(2)22-19(23)17-7-5-6-8-18(17)21(4,20(22)24)13-27(25,26)16-11-9-15(3)10-12-16/h5-12,14H,13H2,1-4H3. The molecule has 0 aromatic heterocycles. The highest BCUT2D eigenvalue weighted by Crippen LogP contribution is 2.38. The smallest absolute Gasteiger partial charge is 0.261 e. The Morgan fingerprint density at radius 2 is 1.59 bits per heavy atom. The van der Waals surface area contributed by atoms with Gasteiger partial charge in [-0.05, 0) is 51.5 Å². The maximum absolute atomic E-state index is 13.3. The van der Waals surface area contributed by atoms with Crippen molar-refractivity contribution in [3.63, 3.8) is 0 Å². The summed E-state index contributed by atoms with van der Waals surface area (Å²) in [5.74, 6) is -1.25. The van der Waals surface area contributed by atoms with Crippen molar-refractivity contribution in [1.82, 2.24) is 4.90 Å². The van der Waals surface area contributed by atoms with E-state index in [2.05, 4.69) is 0 Å². The molecule has 142 valence electrons. The fraction of sp³-hybridized carbons (Fsp3) is 0.333. The molecule has 0 bridgehead atoms. The number of hydrogen-bond donors (Lipinski definition) is 0. The van der Waals surface area contributed by atoms with Crippen molar-refractivity contribution in [3.8, 4) is 0 Å². The van der Waals surface area contributed by atoms with E-state index in [0.29, 0.717) is 11.1 Å². The highest BCUT2D eigenvalue weighted by molar-refractivity contribution is 7.91. The average molecular weight is 385 g/mol. The van der Waals surface area contributed by atoms with Crippen LogP contribution in [0.25, 0.3) is 0 Å². The first-order valence-corrected chi connectivity index (χ1v) is 10.5. The number of hydrogen-bond acceptors (Lipinski definition) is 4. The van der Waals surface area contributed by atoms with Crippen LogP contribution >= 0.6 is 0 Å². The van der Waals surface area contributed by atoms with Gasteiger partial charge < -0.3 is 0 Å². The Balaban J connectivity index is 2.14. The largest absolute Gasteiger partial charge is 0.275 e. The van der Waals surface area contributed by atoms with Crippen molar-refractivity contribution < 1.29 is 18.0 Å². The third kappa shape index (κ3) is 3.18. The lowest BCUT2D eigenvalue weighted by molar-refractivity contribution is -0.135. The van der Waals surface area contributed by atoms with Crippen LogP contribution in [0.15, 0.2) is 53.4 Å². The van der Waals surface area contributed by atoms with Crippen LogP contribution in [0.1, 0.15) is 42.3 Å². The first-order chi connectivity index (χ1) is 12.6. The van der Waals surface area contributed by atoms with Crippen LogP contribution in [0.5, 0.6) is 0 Å². The third-order valence-corrected chi connectivity index (χ3v) is 6.98. The Morgan fingerprint density at radius 3 is 2.19 bits per heavy atom. The van der Waals surface area contributed by atoms with Crippen LogP contribution in [-0.2, 0) is 20.0 Å². The number of carbonyl (C=O) groups excluding carboxylic acids is 2. The Bertz CT molecular complexity index is 1010. The van der Waals surface area contributed by atoms with E-state index >= 15 is 0 Å². The molecule has 6 heteroatoms. The minimum atomic E-state index is -3.74. The third-order valence-electron chi connectivity index (χ3n) is 5.04. The molecule has 27 heavy (non-hydrogen) atoms. The number of amides is 2. The Labute approximate surface area is 159 Å². The first kappa shape index (κ1) is 19.3. The summed E-state index contributed by atoms with van der Waals surface area (Å²) in [6.07, 6.45) is 0. The zero-order chi connectivity index (χ0) is 20.0. The monoisotopic (exact) mass is 385 g/mol. The van der Waals surface area contributed by atoms with Crippen molar-refractivity contribution in [2.75, 3.05) is 5.75 Å². The molecule has 0 aliphatic carbocycles. The van der Waals surface area contributed by atoms with Gasteiger partial charge in [0.1, 0.15) is 0 Å². The van der Waals surface area contributed by atoms with Gasteiger partial charge in [-0.25, -0.2) is 8.42 Å². The molecular formula is C21H23NO4S. The summed E-state index contributed by atoms with van der Waals surface area (Å²) in [4.78, 5) is 27.4. The molecule has 0 saturated heterocycles. The average Bonchev–Trinajstić information content (AvgIpc) is 2.60. The minimum absolute atomic E-state index is 0.174. The van der Waals surface area contributed by atoms with Gasteiger partial charge >= 0.3 is 0 Å². The van der Waals surface area contributed by atoms with Gasteiger partial charge in [0, 0.05) is 11.6 Å². The van der Waals surface area contributed by atoms with E-state index in [0.717, 1.165) is 5.56 Å². The number of carbonyl (C=O) groups is 2. The molecule has 0 saturated carbocycles. The van der Waals surface area contributed by atoms with E-state index in [-0.39, 0.29) is 16.8 Å². The second-order valence-electron chi connectivity index (χ2n) is 7.52. The highest BCUT2D eigenvalue weighted by Gasteiger charge is 2.50. The van der Waals surface area contributed by atoms with Crippen LogP contribution in [0.4, 0.5) is 0 Å². The second kappa shape index (κ2) is 6.60. The number of nitrogens with zero attached hydrogens (tertiary/aromatic N) is 1. The lowest BCUT2D eigenvalue weighted by Gasteiger charge is -2.41. The molecule has 0 N–H and O–H groups in total. The fourth-order valence-corrected chi connectivity index (χ4v) is 5.33. The van der Waals surface area contributed by atoms with Crippen molar-refractivity contribution >= 4 is 21.7 Å². The summed E-state index contributed by atoms with van der Waals surface area (Å²) in [5.41, 5.74) is 0.467. The van der Waals surface area contributed by atoms with Crippen molar-refractivity contribution in [1.29, 1.82) is 0 Å². The normalized spacial score (nSPS) is 20.1. The van der Waals surface area contributed by atoms with Gasteiger partial charge in [-0.2, -0.15) is 0 Å². The number of fused-ring (bicyclic) bond motifs is 1. The summed E-state index contributed by atoms with van der Waals surface area (Å²) in [6.45, 7) is 6.99. The molecular weight excluding hydrogens is 362 g/mol. The van der Waals surface area contributed by atoms with E-state index in [1.165, 1.54) is 4.90 Å². The molecule has 1 heterocycles. The summed E-state index contributed by atoms with van der Waals surface area (Å²) in [6, 6.07) is 13.0. The van der Waals surface area contributed by atoms with Crippen LogP contribution < -0.4 is 0 Å². The molecule has 1 aliphatic rings. The topological polar surface area (TPSA) is 71.5 Å². The zero-order valence-electron chi connectivity index (χ0n) is 15.9. The second-order valence-corrected chi connectivity index (χ2v) is 9.51. The highest BCUT2D eigenvalue weighted by atomic mass is 32.2. The number of rotatable bonds is 4. The van der Waals surface area contributed by atoms with Gasteiger partial charge in [-0.1, -0.05) is 35.9 Å². The SMILES string of the molecule is Cc1ccc(S(=O)(=O)CC2(C)C(=O)N(C(C)C)C(=O)c3ccccc32)cc1. The molecule has 0 fully saturated rings. The minimum Gasteiger partial charge on any atom is -0.275 e. The predicted molar refractivity (Wildman–Crippen MR) is 103 cm³/mol. The number of sulfone groups is 1. The molecule has 3 rings (SSSR count). The van der Waals surface area contributed by atoms with Crippen molar-refractivity contribution in [2.45, 2.75) is 44.0 Å². The zero-order valence-corrected chi connectivity index (χ0v) is 16.7. The molecule has 2 aromatic carbocycles. The Kier molecular flexibility index (Phi) is 4.72. The van der Waals surface area contributed by atoms with Crippen molar-refractivity contribution in [3.05, 3.63) is 65.2 Å².